The standard InChI is InChI=1S/C12H9F3N4O2/c13-12(14,15)10-5-9(19(20)21)7-18-11(10)17-6-8-3-1-2-4-16-8/h1-5,7H,6H2,(H,17,18). The number of nitrogens with zero attached hydrogens (tertiary/aromatic N) is 3. The molecule has 2 aromatic rings. The summed E-state index contributed by atoms with van der Waals surface area (Å²) in [6, 6.07) is 5.45. The van der Waals surface area contributed by atoms with Gasteiger partial charge in [0.15, 0.2) is 0 Å². The Hall–Kier alpha value is -2.71. The number of halogens is 3. The molecule has 0 bridgehead atoms. The van der Waals surface area contributed by atoms with Crippen LogP contribution in [0.4, 0.5) is 24.7 Å². The first kappa shape index (κ1) is 14.7. The monoisotopic (exact) mass is 298 g/mol. The Bertz CT molecular complexity index is 647. The maximum absolute atomic E-state index is 12.9. The zero-order valence-corrected chi connectivity index (χ0v) is 10.5. The molecule has 0 saturated carbocycles. The highest BCUT2D eigenvalue weighted by molar-refractivity contribution is 5.50. The van der Waals surface area contributed by atoms with Crippen LogP contribution in [0.25, 0.3) is 0 Å². The van der Waals surface area contributed by atoms with E-state index in [4.69, 9.17) is 0 Å². The first-order valence-electron chi connectivity index (χ1n) is 5.73. The van der Waals surface area contributed by atoms with E-state index in [-0.39, 0.29) is 6.54 Å². The van der Waals surface area contributed by atoms with E-state index in [1.165, 1.54) is 6.20 Å². The van der Waals surface area contributed by atoms with E-state index in [0.29, 0.717) is 11.8 Å². The maximum Gasteiger partial charge on any atom is 0.420 e. The maximum atomic E-state index is 12.9. The first-order chi connectivity index (χ1) is 9.88. The summed E-state index contributed by atoms with van der Waals surface area (Å²) in [5, 5.41) is 13.0. The fourth-order valence-electron chi connectivity index (χ4n) is 1.59. The third-order valence-electron chi connectivity index (χ3n) is 2.55. The fourth-order valence-corrected chi connectivity index (χ4v) is 1.59. The van der Waals surface area contributed by atoms with E-state index >= 15 is 0 Å². The van der Waals surface area contributed by atoms with E-state index in [9.17, 15) is 23.3 Å². The van der Waals surface area contributed by atoms with Crippen molar-refractivity contribution in [3.05, 3.63) is 58.0 Å². The Kier molecular flexibility index (Phi) is 4.01. The molecule has 2 rings (SSSR count). The van der Waals surface area contributed by atoms with Gasteiger partial charge in [-0.2, -0.15) is 13.2 Å². The highest BCUT2D eigenvalue weighted by atomic mass is 19.4. The minimum absolute atomic E-state index is 0.0226. The summed E-state index contributed by atoms with van der Waals surface area (Å²) in [7, 11) is 0. The van der Waals surface area contributed by atoms with Gasteiger partial charge in [-0.1, -0.05) is 6.07 Å². The zero-order valence-electron chi connectivity index (χ0n) is 10.5. The van der Waals surface area contributed by atoms with Crippen LogP contribution in [0.2, 0.25) is 0 Å². The first-order valence-corrected chi connectivity index (χ1v) is 5.73. The Morgan fingerprint density at radius 2 is 2.05 bits per heavy atom. The second kappa shape index (κ2) is 5.73. The average molecular weight is 298 g/mol. The number of nitro groups is 1. The molecule has 9 heteroatoms. The van der Waals surface area contributed by atoms with Gasteiger partial charge in [0, 0.05) is 12.3 Å². The highest BCUT2D eigenvalue weighted by Gasteiger charge is 2.36. The molecule has 0 aliphatic rings. The SMILES string of the molecule is O=[N+]([O-])c1cnc(NCc2ccccn2)c(C(F)(F)F)c1. The van der Waals surface area contributed by atoms with Crippen molar-refractivity contribution in [2.45, 2.75) is 12.7 Å². The molecule has 0 aromatic carbocycles. The molecule has 2 aromatic heterocycles. The lowest BCUT2D eigenvalue weighted by Crippen LogP contribution is -2.13. The van der Waals surface area contributed by atoms with Crippen LogP contribution in [0.15, 0.2) is 36.7 Å². The highest BCUT2D eigenvalue weighted by Crippen LogP contribution is 2.35. The summed E-state index contributed by atoms with van der Waals surface area (Å²) in [6.07, 6.45) is -2.47. The van der Waals surface area contributed by atoms with Crippen molar-refractivity contribution in [3.63, 3.8) is 0 Å². The van der Waals surface area contributed by atoms with Crippen molar-refractivity contribution in [1.82, 2.24) is 9.97 Å². The molecule has 0 aliphatic carbocycles. The van der Waals surface area contributed by atoms with E-state index in [1.807, 2.05) is 0 Å². The average Bonchev–Trinajstić information content (AvgIpc) is 2.45. The van der Waals surface area contributed by atoms with E-state index < -0.39 is 28.2 Å². The van der Waals surface area contributed by atoms with Gasteiger partial charge in [0.05, 0.1) is 17.2 Å². The lowest BCUT2D eigenvalue weighted by molar-refractivity contribution is -0.385. The van der Waals surface area contributed by atoms with Gasteiger partial charge in [-0.3, -0.25) is 15.1 Å². The second-order valence-corrected chi connectivity index (χ2v) is 4.02. The quantitative estimate of drug-likeness (QED) is 0.693. The smallest absolute Gasteiger partial charge is 0.364 e. The van der Waals surface area contributed by atoms with Crippen LogP contribution < -0.4 is 5.32 Å². The fraction of sp³-hybridized carbons (Fsp3) is 0.167. The summed E-state index contributed by atoms with van der Waals surface area (Å²) >= 11 is 0. The van der Waals surface area contributed by atoms with Crippen LogP contribution in [-0.2, 0) is 12.7 Å². The summed E-state index contributed by atoms with van der Waals surface area (Å²) in [5.41, 5.74) is -1.39. The molecule has 0 atom stereocenters. The molecule has 0 amide bonds. The predicted octanol–water partition coefficient (Wildman–Crippen LogP) is 3.02. The molecular formula is C12H9F3N4O2. The van der Waals surface area contributed by atoms with Crippen molar-refractivity contribution in [3.8, 4) is 0 Å². The molecule has 0 aliphatic heterocycles. The molecule has 110 valence electrons. The zero-order chi connectivity index (χ0) is 15.5. The van der Waals surface area contributed by atoms with Crippen LogP contribution in [0.3, 0.4) is 0 Å². The Labute approximate surface area is 116 Å². The number of aromatic nitrogens is 2. The Balaban J connectivity index is 2.28. The van der Waals surface area contributed by atoms with Crippen molar-refractivity contribution >= 4 is 11.5 Å². The Morgan fingerprint density at radius 1 is 1.29 bits per heavy atom. The predicted molar refractivity (Wildman–Crippen MR) is 67.5 cm³/mol. The van der Waals surface area contributed by atoms with Gasteiger partial charge in [0.25, 0.3) is 5.69 Å². The summed E-state index contributed by atoms with van der Waals surface area (Å²) in [4.78, 5) is 17.0. The third-order valence-corrected chi connectivity index (χ3v) is 2.55. The summed E-state index contributed by atoms with van der Waals surface area (Å²) in [6.45, 7) is 0.0226. The van der Waals surface area contributed by atoms with Crippen LogP contribution in [0, 0.1) is 10.1 Å². The topological polar surface area (TPSA) is 81.0 Å². The van der Waals surface area contributed by atoms with E-state index in [1.54, 1.807) is 18.2 Å². The number of hydrogen-bond donors (Lipinski definition) is 1. The molecule has 0 spiro atoms. The van der Waals surface area contributed by atoms with E-state index in [0.717, 1.165) is 6.20 Å². The molecule has 21 heavy (non-hydrogen) atoms. The number of rotatable bonds is 4. The molecule has 6 nitrogen and oxygen atoms in total. The van der Waals surface area contributed by atoms with Gasteiger partial charge in [0.2, 0.25) is 0 Å². The van der Waals surface area contributed by atoms with E-state index in [2.05, 4.69) is 15.3 Å². The largest absolute Gasteiger partial charge is 0.420 e. The van der Waals surface area contributed by atoms with Gasteiger partial charge >= 0.3 is 6.18 Å². The van der Waals surface area contributed by atoms with Gasteiger partial charge in [-0.25, -0.2) is 4.98 Å². The summed E-state index contributed by atoms with van der Waals surface area (Å²) < 4.78 is 38.7. The second-order valence-electron chi connectivity index (χ2n) is 4.02. The minimum Gasteiger partial charge on any atom is -0.364 e. The molecule has 1 N–H and O–H groups in total. The van der Waals surface area contributed by atoms with Crippen LogP contribution >= 0.6 is 0 Å². The lowest BCUT2D eigenvalue weighted by atomic mass is 10.2. The lowest BCUT2D eigenvalue weighted by Gasteiger charge is -2.12. The van der Waals surface area contributed by atoms with Crippen LogP contribution in [-0.4, -0.2) is 14.9 Å². The van der Waals surface area contributed by atoms with Crippen molar-refractivity contribution in [2.24, 2.45) is 0 Å². The molecule has 0 saturated heterocycles. The third kappa shape index (κ3) is 3.65. The minimum atomic E-state index is -4.74. The molecule has 2 heterocycles. The summed E-state index contributed by atoms with van der Waals surface area (Å²) in [5.74, 6) is -0.473. The number of nitrogens with one attached hydrogen (secondary N) is 1. The molecular weight excluding hydrogens is 289 g/mol. The van der Waals surface area contributed by atoms with Crippen molar-refractivity contribution < 1.29 is 18.1 Å². The molecule has 0 fully saturated rings. The van der Waals surface area contributed by atoms with Crippen LogP contribution in [0.1, 0.15) is 11.3 Å². The molecule has 0 radical (unpaired) electrons. The van der Waals surface area contributed by atoms with Gasteiger partial charge in [0.1, 0.15) is 17.6 Å². The van der Waals surface area contributed by atoms with Crippen molar-refractivity contribution in [1.29, 1.82) is 0 Å². The number of alkyl halides is 3. The van der Waals surface area contributed by atoms with Gasteiger partial charge in [-0.05, 0) is 12.1 Å². The molecule has 0 unspecified atom stereocenters. The van der Waals surface area contributed by atoms with Crippen molar-refractivity contribution in [2.75, 3.05) is 5.32 Å². The number of anilines is 1. The number of pyridine rings is 2. The normalized spacial score (nSPS) is 11.2. The van der Waals surface area contributed by atoms with Gasteiger partial charge < -0.3 is 5.32 Å². The number of hydrogen-bond acceptors (Lipinski definition) is 5. The Morgan fingerprint density at radius 3 is 2.62 bits per heavy atom. The van der Waals surface area contributed by atoms with Crippen LogP contribution in [0.5, 0.6) is 0 Å². The van der Waals surface area contributed by atoms with Gasteiger partial charge in [-0.15, -0.1) is 0 Å².